The van der Waals surface area contributed by atoms with E-state index in [9.17, 15) is 4.39 Å². The second-order valence-electron chi connectivity index (χ2n) is 5.07. The summed E-state index contributed by atoms with van der Waals surface area (Å²) in [6, 6.07) is 13.0. The van der Waals surface area contributed by atoms with Crippen LogP contribution in [0.15, 0.2) is 77.8 Å². The van der Waals surface area contributed by atoms with Crippen LogP contribution in [-0.4, -0.2) is 6.54 Å². The smallest absolute Gasteiger partial charge is 0.126 e. The molecule has 0 atom stereocenters. The van der Waals surface area contributed by atoms with E-state index in [1.807, 2.05) is 54.6 Å². The van der Waals surface area contributed by atoms with Crippen molar-refractivity contribution in [1.29, 1.82) is 0 Å². The molecule has 3 rings (SSSR count). The number of hydrogen-bond acceptors (Lipinski definition) is 1. The molecule has 2 aromatic rings. The predicted octanol–water partition coefficient (Wildman–Crippen LogP) is 5.87. The Bertz CT molecular complexity index is 757. The number of para-hydroxylation sites is 1. The lowest BCUT2D eigenvalue weighted by Crippen LogP contribution is -2.18. The van der Waals surface area contributed by atoms with Crippen LogP contribution in [0.5, 0.6) is 0 Å². The lowest BCUT2D eigenvalue weighted by atomic mass is 10.0. The fourth-order valence-electron chi connectivity index (χ4n) is 2.52. The average molecular weight is 356 g/mol. The minimum absolute atomic E-state index is 0.261. The molecule has 1 heterocycles. The van der Waals surface area contributed by atoms with Crippen molar-refractivity contribution >= 4 is 32.9 Å². The van der Waals surface area contributed by atoms with Crippen LogP contribution in [-0.2, 0) is 0 Å². The van der Waals surface area contributed by atoms with E-state index in [4.69, 9.17) is 0 Å². The Morgan fingerprint density at radius 1 is 1.09 bits per heavy atom. The van der Waals surface area contributed by atoms with Gasteiger partial charge in [-0.05, 0) is 29.8 Å². The third kappa shape index (κ3) is 3.04. The standard InChI is InChI=1S/C19H15BrFN/c1-14-7-3-2-6-10-22(19-9-5-4-8-18(14)19)17-12-15(20)11-16(21)13-17/h2-9,11-13H,1,10H2/b6-2-,7-3-. The van der Waals surface area contributed by atoms with Gasteiger partial charge in [0.15, 0.2) is 0 Å². The molecular formula is C19H15BrFN. The van der Waals surface area contributed by atoms with Crippen molar-refractivity contribution in [2.24, 2.45) is 0 Å². The lowest BCUT2D eigenvalue weighted by molar-refractivity contribution is 0.627. The van der Waals surface area contributed by atoms with Crippen molar-refractivity contribution in [2.75, 3.05) is 11.4 Å². The third-order valence-corrected chi connectivity index (χ3v) is 3.99. The molecule has 110 valence electrons. The molecule has 1 aliphatic rings. The molecule has 22 heavy (non-hydrogen) atoms. The highest BCUT2D eigenvalue weighted by Gasteiger charge is 2.15. The molecule has 1 aliphatic heterocycles. The van der Waals surface area contributed by atoms with Gasteiger partial charge in [0.05, 0.1) is 0 Å². The highest BCUT2D eigenvalue weighted by atomic mass is 79.9. The van der Waals surface area contributed by atoms with Crippen LogP contribution in [0.2, 0.25) is 0 Å². The number of rotatable bonds is 1. The molecule has 0 aromatic heterocycles. The summed E-state index contributed by atoms with van der Waals surface area (Å²) in [4.78, 5) is 2.08. The maximum absolute atomic E-state index is 13.8. The number of nitrogens with zero attached hydrogens (tertiary/aromatic N) is 1. The van der Waals surface area contributed by atoms with Gasteiger partial charge in [-0.25, -0.2) is 4.39 Å². The molecule has 0 spiro atoms. The summed E-state index contributed by atoms with van der Waals surface area (Å²) < 4.78 is 14.5. The van der Waals surface area contributed by atoms with Crippen molar-refractivity contribution in [3.63, 3.8) is 0 Å². The number of benzene rings is 2. The van der Waals surface area contributed by atoms with Gasteiger partial charge in [0, 0.05) is 28.0 Å². The van der Waals surface area contributed by atoms with Crippen LogP contribution >= 0.6 is 15.9 Å². The zero-order valence-electron chi connectivity index (χ0n) is 12.0. The minimum Gasteiger partial charge on any atom is -0.337 e. The van der Waals surface area contributed by atoms with Crippen LogP contribution in [0, 0.1) is 5.82 Å². The first-order valence-electron chi connectivity index (χ1n) is 7.00. The summed E-state index contributed by atoms with van der Waals surface area (Å²) in [7, 11) is 0. The van der Waals surface area contributed by atoms with Crippen molar-refractivity contribution < 1.29 is 4.39 Å². The van der Waals surface area contributed by atoms with E-state index in [1.165, 1.54) is 6.07 Å². The van der Waals surface area contributed by atoms with E-state index in [2.05, 4.69) is 27.4 Å². The number of hydrogen-bond donors (Lipinski definition) is 0. The summed E-state index contributed by atoms with van der Waals surface area (Å²) in [6.07, 6.45) is 7.99. The van der Waals surface area contributed by atoms with Gasteiger partial charge in [-0.15, -0.1) is 0 Å². The molecule has 1 nitrogen and oxygen atoms in total. The Kier molecular flexibility index (Phi) is 4.25. The van der Waals surface area contributed by atoms with E-state index in [0.29, 0.717) is 6.54 Å². The summed E-state index contributed by atoms with van der Waals surface area (Å²) in [5.74, 6) is -0.261. The molecule has 0 amide bonds. The van der Waals surface area contributed by atoms with E-state index in [-0.39, 0.29) is 5.82 Å². The fraction of sp³-hybridized carbons (Fsp3) is 0.0526. The third-order valence-electron chi connectivity index (χ3n) is 3.53. The van der Waals surface area contributed by atoms with Gasteiger partial charge in [-0.2, -0.15) is 0 Å². The molecule has 0 fully saturated rings. The number of allylic oxidation sites excluding steroid dienone is 4. The molecule has 0 saturated heterocycles. The largest absolute Gasteiger partial charge is 0.337 e. The van der Waals surface area contributed by atoms with Crippen LogP contribution in [0.3, 0.4) is 0 Å². The van der Waals surface area contributed by atoms with E-state index < -0.39 is 0 Å². The number of halogens is 2. The first kappa shape index (κ1) is 14.8. The van der Waals surface area contributed by atoms with Gasteiger partial charge in [0.1, 0.15) is 5.82 Å². The van der Waals surface area contributed by atoms with Gasteiger partial charge in [0.25, 0.3) is 0 Å². The summed E-state index contributed by atoms with van der Waals surface area (Å²) in [5, 5.41) is 0. The van der Waals surface area contributed by atoms with Crippen LogP contribution in [0.25, 0.3) is 5.57 Å². The Labute approximate surface area is 138 Å². The number of anilines is 2. The normalized spacial score (nSPS) is 17.2. The van der Waals surface area contributed by atoms with Crippen molar-refractivity contribution in [3.8, 4) is 0 Å². The van der Waals surface area contributed by atoms with Gasteiger partial charge < -0.3 is 4.90 Å². The van der Waals surface area contributed by atoms with Gasteiger partial charge >= 0.3 is 0 Å². The van der Waals surface area contributed by atoms with Crippen molar-refractivity contribution in [3.05, 3.63) is 89.2 Å². The molecule has 0 N–H and O–H groups in total. The quantitative estimate of drug-likeness (QED) is 0.618. The average Bonchev–Trinajstić information content (AvgIpc) is 2.56. The van der Waals surface area contributed by atoms with E-state index >= 15 is 0 Å². The Hall–Kier alpha value is -2.13. The topological polar surface area (TPSA) is 3.24 Å². The highest BCUT2D eigenvalue weighted by Crippen LogP contribution is 2.34. The van der Waals surface area contributed by atoms with E-state index in [1.54, 1.807) is 6.07 Å². The predicted molar refractivity (Wildman–Crippen MR) is 94.9 cm³/mol. The van der Waals surface area contributed by atoms with Crippen LogP contribution in [0.1, 0.15) is 5.56 Å². The summed E-state index contributed by atoms with van der Waals surface area (Å²) >= 11 is 3.37. The number of fused-ring (bicyclic) bond motifs is 1. The lowest BCUT2D eigenvalue weighted by Gasteiger charge is -2.26. The zero-order chi connectivity index (χ0) is 15.5. The maximum Gasteiger partial charge on any atom is 0.126 e. The summed E-state index contributed by atoms with van der Waals surface area (Å²) in [6.45, 7) is 4.79. The molecule has 3 heteroatoms. The van der Waals surface area contributed by atoms with Crippen molar-refractivity contribution in [2.45, 2.75) is 0 Å². The minimum atomic E-state index is -0.261. The molecule has 2 aromatic carbocycles. The zero-order valence-corrected chi connectivity index (χ0v) is 13.6. The Balaban J connectivity index is 2.17. The fourth-order valence-corrected chi connectivity index (χ4v) is 2.98. The van der Waals surface area contributed by atoms with Crippen LogP contribution < -0.4 is 4.90 Å². The van der Waals surface area contributed by atoms with Crippen LogP contribution in [0.4, 0.5) is 15.8 Å². The highest BCUT2D eigenvalue weighted by molar-refractivity contribution is 9.10. The first-order valence-corrected chi connectivity index (χ1v) is 7.79. The second-order valence-corrected chi connectivity index (χ2v) is 5.98. The second kappa shape index (κ2) is 6.32. The van der Waals surface area contributed by atoms with E-state index in [0.717, 1.165) is 27.0 Å². The molecule has 0 unspecified atom stereocenters. The Morgan fingerprint density at radius 2 is 1.91 bits per heavy atom. The monoisotopic (exact) mass is 355 g/mol. The summed E-state index contributed by atoms with van der Waals surface area (Å²) in [5.41, 5.74) is 3.80. The van der Waals surface area contributed by atoms with Crippen molar-refractivity contribution in [1.82, 2.24) is 0 Å². The van der Waals surface area contributed by atoms with Gasteiger partial charge in [0.2, 0.25) is 0 Å². The van der Waals surface area contributed by atoms with Gasteiger partial charge in [-0.3, -0.25) is 0 Å². The van der Waals surface area contributed by atoms with Gasteiger partial charge in [-0.1, -0.05) is 65.0 Å². The first-order chi connectivity index (χ1) is 10.6. The molecule has 0 radical (unpaired) electrons. The molecule has 0 aliphatic carbocycles. The molecule has 0 bridgehead atoms. The molecule has 0 saturated carbocycles. The SMILES string of the molecule is C=C1/C=C\C=C/CN(c2cc(F)cc(Br)c2)c2ccccc21. The Morgan fingerprint density at radius 3 is 2.73 bits per heavy atom. The maximum atomic E-state index is 13.8. The molecular weight excluding hydrogens is 341 g/mol.